The maximum Gasteiger partial charge on any atom is 0.270 e. The molecule has 210 valence electrons. The molecule has 8 heteroatoms. The minimum Gasteiger partial charge on any atom is -0.304 e. The first-order valence-corrected chi connectivity index (χ1v) is 14.3. The molecule has 1 fully saturated rings. The fraction of sp³-hybridized carbons (Fsp3) is 0.206. The SMILES string of the molecule is O=C(Nc1nn[nH]n1)c1ccc(CN(C(=O)C=Cc2cccc3ccccc23)c2ccc(C3CCCCC3)cc2)cc1. The van der Waals surface area contributed by atoms with Crippen molar-refractivity contribution in [3.05, 3.63) is 119 Å². The lowest BCUT2D eigenvalue weighted by Crippen LogP contribution is -2.28. The summed E-state index contributed by atoms with van der Waals surface area (Å²) in [4.78, 5) is 28.1. The number of benzene rings is 4. The normalized spacial score (nSPS) is 13.8. The lowest BCUT2D eigenvalue weighted by Gasteiger charge is -2.25. The van der Waals surface area contributed by atoms with E-state index in [9.17, 15) is 9.59 Å². The summed E-state index contributed by atoms with van der Waals surface area (Å²) < 4.78 is 0. The van der Waals surface area contributed by atoms with Crippen LogP contribution in [0.5, 0.6) is 0 Å². The molecule has 1 heterocycles. The van der Waals surface area contributed by atoms with Crippen molar-refractivity contribution in [1.82, 2.24) is 20.6 Å². The molecule has 6 rings (SSSR count). The first-order chi connectivity index (χ1) is 20.6. The van der Waals surface area contributed by atoms with Crippen LogP contribution < -0.4 is 10.2 Å². The van der Waals surface area contributed by atoms with E-state index in [1.807, 2.05) is 42.5 Å². The van der Waals surface area contributed by atoms with Crippen LogP contribution in [0.1, 0.15) is 65.1 Å². The Balaban J connectivity index is 1.24. The number of rotatable bonds is 8. The number of carbonyl (C=O) groups is 2. The molecule has 0 aliphatic heterocycles. The van der Waals surface area contributed by atoms with Gasteiger partial charge in [-0.05, 0) is 81.8 Å². The van der Waals surface area contributed by atoms with E-state index in [0.717, 1.165) is 27.6 Å². The monoisotopic (exact) mass is 556 g/mol. The Labute approximate surface area is 244 Å². The topological polar surface area (TPSA) is 104 Å². The van der Waals surface area contributed by atoms with Gasteiger partial charge in [0.05, 0.1) is 6.54 Å². The van der Waals surface area contributed by atoms with Gasteiger partial charge in [-0.1, -0.05) is 91.1 Å². The highest BCUT2D eigenvalue weighted by Gasteiger charge is 2.18. The highest BCUT2D eigenvalue weighted by molar-refractivity contribution is 6.05. The number of aromatic nitrogens is 4. The molecule has 2 amide bonds. The van der Waals surface area contributed by atoms with Crippen LogP contribution in [-0.4, -0.2) is 32.4 Å². The molecular weight excluding hydrogens is 524 g/mol. The summed E-state index contributed by atoms with van der Waals surface area (Å²) in [6.07, 6.45) is 9.85. The summed E-state index contributed by atoms with van der Waals surface area (Å²) in [5, 5.41) is 18.1. The van der Waals surface area contributed by atoms with Crippen molar-refractivity contribution >= 4 is 40.3 Å². The standard InChI is InChI=1S/C34H32N6O2/c41-32(22-19-28-11-6-10-27-9-4-5-12-31(27)28)40(30-20-17-26(18-21-30)25-7-2-1-3-8-25)23-24-13-15-29(16-14-24)33(42)35-34-36-38-39-37-34/h4-6,9-22,25H,1-3,7-8,23H2,(H2,35,36,37,38,39,42). The van der Waals surface area contributed by atoms with Gasteiger partial charge in [-0.15, -0.1) is 5.10 Å². The molecular formula is C34H32N6O2. The second-order valence-electron chi connectivity index (χ2n) is 10.6. The molecule has 0 bridgehead atoms. The molecule has 5 aromatic rings. The largest absolute Gasteiger partial charge is 0.304 e. The maximum absolute atomic E-state index is 13.7. The summed E-state index contributed by atoms with van der Waals surface area (Å²) >= 11 is 0. The van der Waals surface area contributed by atoms with Crippen LogP contribution in [0.3, 0.4) is 0 Å². The summed E-state index contributed by atoms with van der Waals surface area (Å²) in [6.45, 7) is 0.355. The Hall–Kier alpha value is -5.11. The Morgan fingerprint density at radius 2 is 1.64 bits per heavy atom. The Morgan fingerprint density at radius 3 is 2.40 bits per heavy atom. The highest BCUT2D eigenvalue weighted by Crippen LogP contribution is 2.33. The Kier molecular flexibility index (Phi) is 8.12. The number of aromatic amines is 1. The van der Waals surface area contributed by atoms with Crippen LogP contribution in [0.25, 0.3) is 16.8 Å². The number of hydrogen-bond acceptors (Lipinski definition) is 5. The Bertz CT molecular complexity index is 1680. The van der Waals surface area contributed by atoms with Gasteiger partial charge in [-0.2, -0.15) is 5.21 Å². The van der Waals surface area contributed by atoms with Crippen LogP contribution in [0.2, 0.25) is 0 Å². The third-order valence-electron chi connectivity index (χ3n) is 7.90. The summed E-state index contributed by atoms with van der Waals surface area (Å²) in [5.41, 5.74) is 4.52. The molecule has 4 aromatic carbocycles. The molecule has 1 aliphatic carbocycles. The van der Waals surface area contributed by atoms with Gasteiger partial charge in [-0.3, -0.25) is 14.9 Å². The van der Waals surface area contributed by atoms with Gasteiger partial charge < -0.3 is 4.90 Å². The molecule has 1 aliphatic rings. The quantitative estimate of drug-likeness (QED) is 0.202. The van der Waals surface area contributed by atoms with Crippen molar-refractivity contribution in [2.45, 2.75) is 44.6 Å². The van der Waals surface area contributed by atoms with Gasteiger partial charge in [0.1, 0.15) is 0 Å². The molecule has 0 spiro atoms. The molecule has 42 heavy (non-hydrogen) atoms. The Morgan fingerprint density at radius 1 is 0.881 bits per heavy atom. The van der Waals surface area contributed by atoms with E-state index in [1.165, 1.54) is 37.7 Å². The van der Waals surface area contributed by atoms with E-state index in [4.69, 9.17) is 0 Å². The fourth-order valence-electron chi connectivity index (χ4n) is 5.64. The molecule has 0 atom stereocenters. The van der Waals surface area contributed by atoms with Crippen LogP contribution in [-0.2, 0) is 11.3 Å². The van der Waals surface area contributed by atoms with Crippen molar-refractivity contribution in [1.29, 1.82) is 0 Å². The number of H-pyrrole nitrogens is 1. The van der Waals surface area contributed by atoms with Gasteiger partial charge in [0, 0.05) is 17.3 Å². The molecule has 0 unspecified atom stereocenters. The number of hydrogen-bond donors (Lipinski definition) is 2. The van der Waals surface area contributed by atoms with Crippen molar-refractivity contribution in [2.24, 2.45) is 0 Å². The van der Waals surface area contributed by atoms with Crippen molar-refractivity contribution in [3.8, 4) is 0 Å². The predicted octanol–water partition coefficient (Wildman–Crippen LogP) is 6.90. The first kappa shape index (κ1) is 27.1. The van der Waals surface area contributed by atoms with Crippen molar-refractivity contribution < 1.29 is 9.59 Å². The number of anilines is 2. The van der Waals surface area contributed by atoms with Gasteiger partial charge in [-0.25, -0.2) is 0 Å². The summed E-state index contributed by atoms with van der Waals surface area (Å²) in [7, 11) is 0. The van der Waals surface area contributed by atoms with Gasteiger partial charge in [0.15, 0.2) is 0 Å². The molecule has 1 aromatic heterocycles. The molecule has 0 saturated heterocycles. The number of amides is 2. The van der Waals surface area contributed by atoms with Crippen LogP contribution in [0, 0.1) is 0 Å². The van der Waals surface area contributed by atoms with E-state index >= 15 is 0 Å². The number of tetrazole rings is 1. The number of nitrogens with one attached hydrogen (secondary N) is 2. The average molecular weight is 557 g/mol. The zero-order chi connectivity index (χ0) is 28.7. The van der Waals surface area contributed by atoms with E-state index < -0.39 is 0 Å². The third kappa shape index (κ3) is 6.28. The lowest BCUT2D eigenvalue weighted by atomic mass is 9.84. The van der Waals surface area contributed by atoms with E-state index in [2.05, 4.69) is 68.4 Å². The second kappa shape index (κ2) is 12.6. The second-order valence-corrected chi connectivity index (χ2v) is 10.6. The summed E-state index contributed by atoms with van der Waals surface area (Å²) in [6, 6.07) is 29.9. The minimum atomic E-state index is -0.341. The number of nitrogens with zero attached hydrogens (tertiary/aromatic N) is 4. The van der Waals surface area contributed by atoms with Crippen molar-refractivity contribution in [3.63, 3.8) is 0 Å². The number of fused-ring (bicyclic) bond motifs is 1. The van der Waals surface area contributed by atoms with Gasteiger partial charge >= 0.3 is 0 Å². The van der Waals surface area contributed by atoms with Gasteiger partial charge in [0.2, 0.25) is 0 Å². The lowest BCUT2D eigenvalue weighted by molar-refractivity contribution is -0.114. The van der Waals surface area contributed by atoms with Crippen molar-refractivity contribution in [2.75, 3.05) is 10.2 Å². The molecule has 0 radical (unpaired) electrons. The number of carbonyl (C=O) groups excluding carboxylic acids is 2. The zero-order valence-corrected chi connectivity index (χ0v) is 23.2. The molecule has 2 N–H and O–H groups in total. The van der Waals surface area contributed by atoms with Crippen LogP contribution >= 0.6 is 0 Å². The van der Waals surface area contributed by atoms with E-state index in [1.54, 1.807) is 23.1 Å². The minimum absolute atomic E-state index is 0.107. The zero-order valence-electron chi connectivity index (χ0n) is 23.2. The summed E-state index contributed by atoms with van der Waals surface area (Å²) in [5.74, 6) is 0.240. The molecule has 1 saturated carbocycles. The third-order valence-corrected chi connectivity index (χ3v) is 7.90. The fourth-order valence-corrected chi connectivity index (χ4v) is 5.64. The first-order valence-electron chi connectivity index (χ1n) is 14.3. The predicted molar refractivity (Wildman–Crippen MR) is 165 cm³/mol. The highest BCUT2D eigenvalue weighted by atomic mass is 16.2. The smallest absolute Gasteiger partial charge is 0.270 e. The van der Waals surface area contributed by atoms with Gasteiger partial charge in [0.25, 0.3) is 17.8 Å². The van der Waals surface area contributed by atoms with E-state index in [-0.39, 0.29) is 17.8 Å². The maximum atomic E-state index is 13.7. The van der Waals surface area contributed by atoms with Crippen LogP contribution in [0.4, 0.5) is 11.6 Å². The van der Waals surface area contributed by atoms with E-state index in [0.29, 0.717) is 18.0 Å². The van der Waals surface area contributed by atoms with Crippen LogP contribution in [0.15, 0.2) is 97.1 Å². The average Bonchev–Trinajstić information content (AvgIpc) is 3.56. The molecule has 8 nitrogen and oxygen atoms in total.